The highest BCUT2D eigenvalue weighted by atomic mass is 35.5. The van der Waals surface area contributed by atoms with Crippen LogP contribution in [0.15, 0.2) is 56.9 Å². The van der Waals surface area contributed by atoms with Crippen LogP contribution in [-0.4, -0.2) is 25.4 Å². The second-order valence-corrected chi connectivity index (χ2v) is 7.70. The van der Waals surface area contributed by atoms with Gasteiger partial charge >= 0.3 is 0 Å². The van der Waals surface area contributed by atoms with E-state index >= 15 is 0 Å². The van der Waals surface area contributed by atoms with Crippen molar-refractivity contribution in [1.29, 1.82) is 0 Å². The van der Waals surface area contributed by atoms with Gasteiger partial charge in [-0.05, 0) is 43.7 Å². The van der Waals surface area contributed by atoms with Crippen molar-refractivity contribution in [2.45, 2.75) is 25.4 Å². The summed E-state index contributed by atoms with van der Waals surface area (Å²) in [7, 11) is -2.47. The van der Waals surface area contributed by atoms with Crippen LogP contribution in [0, 0.1) is 6.92 Å². The zero-order valence-electron chi connectivity index (χ0n) is 15.1. The maximum absolute atomic E-state index is 12.8. The molecule has 3 heterocycles. The third-order valence-corrected chi connectivity index (χ3v) is 5.77. The minimum Gasteiger partial charge on any atom is -0.443 e. The van der Waals surface area contributed by atoms with Crippen LogP contribution in [0.5, 0.6) is 0 Å². The van der Waals surface area contributed by atoms with Gasteiger partial charge in [0.05, 0.1) is 0 Å². The number of furan rings is 1. The fourth-order valence-corrected chi connectivity index (χ4v) is 3.65. The Kier molecular flexibility index (Phi) is 6.12. The quantitative estimate of drug-likeness (QED) is 0.698. The smallest absolute Gasteiger partial charge is 0.298 e. The van der Waals surface area contributed by atoms with E-state index in [1.807, 2.05) is 6.92 Å². The number of pyridine rings is 2. The molecule has 3 aromatic heterocycles. The third-order valence-electron chi connectivity index (χ3n) is 4.13. The molecule has 0 atom stereocenters. The van der Waals surface area contributed by atoms with E-state index < -0.39 is 10.0 Å². The monoisotopic (exact) mass is 409 g/mol. The highest BCUT2D eigenvalue weighted by Gasteiger charge is 2.26. The first-order chi connectivity index (χ1) is 12.3. The molecule has 0 aliphatic rings. The standard InChI is InChI=1S/C18H19N3O4S.ClH/c1-4-13-11-14(12(2)20-18(13)22)15-8-9-17(25-15)26(23,24)21(3)16-7-5-6-10-19-16;/h5-11H,4H2,1-3H3,(H,20,22);1H. The van der Waals surface area contributed by atoms with Gasteiger partial charge in [0.25, 0.3) is 15.6 Å². The van der Waals surface area contributed by atoms with Gasteiger partial charge in [-0.15, -0.1) is 12.4 Å². The molecule has 9 heteroatoms. The Morgan fingerprint density at radius 1 is 1.22 bits per heavy atom. The summed E-state index contributed by atoms with van der Waals surface area (Å²) in [6, 6.07) is 9.73. The molecular formula is C18H20ClN3O4S. The number of aromatic amines is 1. The van der Waals surface area contributed by atoms with E-state index in [2.05, 4.69) is 9.97 Å². The van der Waals surface area contributed by atoms with Crippen LogP contribution in [-0.2, 0) is 16.4 Å². The Hall–Kier alpha value is -2.58. The molecule has 0 unspecified atom stereocenters. The number of anilines is 1. The number of hydrogen-bond acceptors (Lipinski definition) is 5. The highest BCUT2D eigenvalue weighted by molar-refractivity contribution is 7.92. The van der Waals surface area contributed by atoms with Crippen molar-refractivity contribution in [2.24, 2.45) is 0 Å². The molecule has 1 N–H and O–H groups in total. The Morgan fingerprint density at radius 2 is 1.96 bits per heavy atom. The molecule has 3 aromatic rings. The van der Waals surface area contributed by atoms with E-state index in [0.717, 1.165) is 4.31 Å². The minimum absolute atomic E-state index is 0. The Morgan fingerprint density at radius 3 is 2.59 bits per heavy atom. The van der Waals surface area contributed by atoms with Crippen LogP contribution in [0.3, 0.4) is 0 Å². The molecule has 0 aromatic carbocycles. The summed E-state index contributed by atoms with van der Waals surface area (Å²) in [4.78, 5) is 18.7. The number of hydrogen-bond donors (Lipinski definition) is 1. The molecule has 0 radical (unpaired) electrons. The molecule has 0 fully saturated rings. The minimum atomic E-state index is -3.88. The van der Waals surface area contributed by atoms with E-state index in [0.29, 0.717) is 34.8 Å². The van der Waals surface area contributed by atoms with Crippen molar-refractivity contribution in [3.63, 3.8) is 0 Å². The topological polar surface area (TPSA) is 96.3 Å². The molecule has 144 valence electrons. The number of halogens is 1. The largest absolute Gasteiger partial charge is 0.443 e. The maximum atomic E-state index is 12.8. The van der Waals surface area contributed by atoms with Crippen LogP contribution in [0.1, 0.15) is 18.2 Å². The zero-order chi connectivity index (χ0) is 18.9. The van der Waals surface area contributed by atoms with Crippen LogP contribution in [0.25, 0.3) is 11.3 Å². The van der Waals surface area contributed by atoms with E-state index in [-0.39, 0.29) is 23.1 Å². The van der Waals surface area contributed by atoms with Gasteiger partial charge in [-0.1, -0.05) is 13.0 Å². The Bertz CT molecular complexity index is 1090. The predicted octanol–water partition coefficient (Wildman–Crippen LogP) is 3.15. The van der Waals surface area contributed by atoms with Gasteiger partial charge in [-0.3, -0.25) is 9.10 Å². The Balaban J connectivity index is 0.00000261. The van der Waals surface area contributed by atoms with Crippen LogP contribution < -0.4 is 9.86 Å². The van der Waals surface area contributed by atoms with Crippen molar-refractivity contribution in [3.05, 3.63) is 64.2 Å². The number of aromatic nitrogens is 2. The summed E-state index contributed by atoms with van der Waals surface area (Å²) in [5, 5.41) is -0.190. The lowest BCUT2D eigenvalue weighted by atomic mass is 10.1. The van der Waals surface area contributed by atoms with Crippen molar-refractivity contribution in [3.8, 4) is 11.3 Å². The number of sulfonamides is 1. The van der Waals surface area contributed by atoms with Crippen LogP contribution >= 0.6 is 12.4 Å². The number of H-pyrrole nitrogens is 1. The summed E-state index contributed by atoms with van der Waals surface area (Å²) in [6.07, 6.45) is 2.09. The van der Waals surface area contributed by atoms with Crippen LogP contribution in [0.4, 0.5) is 5.82 Å². The summed E-state index contributed by atoms with van der Waals surface area (Å²) < 4.78 is 32.2. The molecule has 0 aliphatic carbocycles. The summed E-state index contributed by atoms with van der Waals surface area (Å²) in [6.45, 7) is 3.62. The molecule has 7 nitrogen and oxygen atoms in total. The van der Waals surface area contributed by atoms with Crippen molar-refractivity contribution >= 4 is 28.2 Å². The first-order valence-corrected chi connectivity index (χ1v) is 9.51. The lowest BCUT2D eigenvalue weighted by molar-refractivity contribution is 0.460. The van der Waals surface area contributed by atoms with Crippen molar-refractivity contribution in [2.75, 3.05) is 11.4 Å². The first kappa shape index (κ1) is 20.7. The van der Waals surface area contributed by atoms with Gasteiger partial charge in [0, 0.05) is 30.1 Å². The predicted molar refractivity (Wildman–Crippen MR) is 106 cm³/mol. The molecule has 0 saturated heterocycles. The summed E-state index contributed by atoms with van der Waals surface area (Å²) >= 11 is 0. The van der Waals surface area contributed by atoms with Gasteiger partial charge < -0.3 is 9.40 Å². The molecule has 0 amide bonds. The third kappa shape index (κ3) is 3.91. The fraction of sp³-hybridized carbons (Fsp3) is 0.222. The zero-order valence-corrected chi connectivity index (χ0v) is 16.7. The summed E-state index contributed by atoms with van der Waals surface area (Å²) in [5.41, 5.74) is 1.73. The summed E-state index contributed by atoms with van der Waals surface area (Å²) in [5.74, 6) is 0.667. The molecular weight excluding hydrogens is 390 g/mol. The lowest BCUT2D eigenvalue weighted by Gasteiger charge is -2.16. The van der Waals surface area contributed by atoms with Gasteiger partial charge in [0.15, 0.2) is 0 Å². The molecule has 0 saturated carbocycles. The maximum Gasteiger partial charge on any atom is 0.298 e. The van der Waals surface area contributed by atoms with Gasteiger partial charge in [0.1, 0.15) is 11.6 Å². The average molecular weight is 410 g/mol. The SMILES string of the molecule is CCc1cc(-c2ccc(S(=O)(=O)N(C)c3ccccn3)o2)c(C)[nH]c1=O.Cl. The molecule has 0 bridgehead atoms. The second kappa shape index (κ2) is 7.98. The number of nitrogens with one attached hydrogen (secondary N) is 1. The van der Waals surface area contributed by atoms with E-state index in [1.54, 1.807) is 37.3 Å². The molecule has 27 heavy (non-hydrogen) atoms. The molecule has 0 spiro atoms. The van der Waals surface area contributed by atoms with Crippen LogP contribution in [0.2, 0.25) is 0 Å². The van der Waals surface area contributed by atoms with Gasteiger partial charge in [-0.2, -0.15) is 8.42 Å². The molecule has 0 aliphatic heterocycles. The van der Waals surface area contributed by atoms with E-state index in [9.17, 15) is 13.2 Å². The number of rotatable bonds is 5. The number of aryl methyl sites for hydroxylation is 2. The highest BCUT2D eigenvalue weighted by Crippen LogP contribution is 2.28. The number of nitrogens with zero attached hydrogens (tertiary/aromatic N) is 2. The fourth-order valence-electron chi connectivity index (χ4n) is 2.59. The van der Waals surface area contributed by atoms with E-state index in [4.69, 9.17) is 4.42 Å². The Labute approximate surface area is 163 Å². The van der Waals surface area contributed by atoms with Gasteiger partial charge in [-0.25, -0.2) is 4.98 Å². The first-order valence-electron chi connectivity index (χ1n) is 8.07. The van der Waals surface area contributed by atoms with Crippen molar-refractivity contribution < 1.29 is 12.8 Å². The van der Waals surface area contributed by atoms with Crippen molar-refractivity contribution in [1.82, 2.24) is 9.97 Å². The second-order valence-electron chi connectivity index (χ2n) is 5.80. The average Bonchev–Trinajstić information content (AvgIpc) is 3.12. The van der Waals surface area contributed by atoms with Gasteiger partial charge in [0.2, 0.25) is 5.09 Å². The van der Waals surface area contributed by atoms with E-state index in [1.165, 1.54) is 19.3 Å². The normalized spacial score (nSPS) is 11.1. The molecule has 3 rings (SSSR count). The lowest BCUT2D eigenvalue weighted by Crippen LogP contribution is -2.26.